The van der Waals surface area contributed by atoms with Gasteiger partial charge >= 0.3 is 5.69 Å². The van der Waals surface area contributed by atoms with E-state index in [0.29, 0.717) is 22.7 Å². The minimum Gasteiger partial charge on any atom is -0.439 e. The van der Waals surface area contributed by atoms with Gasteiger partial charge in [-0.1, -0.05) is 12.1 Å². The number of nitrogens with zero attached hydrogens (tertiary/aromatic N) is 5. The second-order valence-electron chi connectivity index (χ2n) is 4.88. The van der Waals surface area contributed by atoms with Crippen LogP contribution in [0.3, 0.4) is 0 Å². The molecule has 114 valence electrons. The molecule has 4 aromatic rings. The minimum atomic E-state index is -0.459. The molecule has 0 unspecified atom stereocenters. The molecular weight excluding hydrogens is 301 g/mol. The Balaban J connectivity index is 1.68. The summed E-state index contributed by atoms with van der Waals surface area (Å²) in [6.07, 6.45) is 0. The number of benzene rings is 2. The fraction of sp³-hybridized carbons (Fsp3) is 0.0667. The van der Waals surface area contributed by atoms with Crippen molar-refractivity contribution in [3.63, 3.8) is 0 Å². The average Bonchev–Trinajstić information content (AvgIpc) is 3.12. The quantitative estimate of drug-likeness (QED) is 0.576. The molecule has 0 N–H and O–H groups in total. The van der Waals surface area contributed by atoms with Crippen LogP contribution in [0.15, 0.2) is 57.7 Å². The first kappa shape index (κ1) is 13.4. The molecule has 8 heteroatoms. The standard InChI is InChI=1S/C15H10FN5O2/c16-10-5-7-11(8-6-10)21-15(22)20(18-19-21)9-14-17-12-3-1-2-4-13(12)23-14/h1-8H,9H2. The van der Waals surface area contributed by atoms with Crippen molar-refractivity contribution in [2.24, 2.45) is 0 Å². The lowest BCUT2D eigenvalue weighted by Crippen LogP contribution is -2.24. The number of oxazole rings is 1. The highest BCUT2D eigenvalue weighted by atomic mass is 19.1. The molecule has 0 amide bonds. The van der Waals surface area contributed by atoms with Gasteiger partial charge in [-0.25, -0.2) is 14.2 Å². The number of hydrogen-bond acceptors (Lipinski definition) is 5. The lowest BCUT2D eigenvalue weighted by Gasteiger charge is -1.97. The number of rotatable bonds is 3. The largest absolute Gasteiger partial charge is 0.439 e. The predicted octanol–water partition coefficient (Wildman–Crippen LogP) is 1.76. The third-order valence-corrected chi connectivity index (χ3v) is 3.33. The molecule has 0 saturated carbocycles. The highest BCUT2D eigenvalue weighted by molar-refractivity contribution is 5.72. The summed E-state index contributed by atoms with van der Waals surface area (Å²) in [6, 6.07) is 12.7. The zero-order valence-electron chi connectivity index (χ0n) is 11.8. The molecule has 4 rings (SSSR count). The Kier molecular flexibility index (Phi) is 3.00. The van der Waals surface area contributed by atoms with E-state index in [2.05, 4.69) is 15.4 Å². The first-order chi connectivity index (χ1) is 11.2. The van der Waals surface area contributed by atoms with Gasteiger partial charge in [0.1, 0.15) is 17.9 Å². The first-order valence-corrected chi connectivity index (χ1v) is 6.84. The van der Waals surface area contributed by atoms with Crippen LogP contribution in [0.5, 0.6) is 0 Å². The van der Waals surface area contributed by atoms with Crippen LogP contribution in [0.4, 0.5) is 4.39 Å². The number of aromatic nitrogens is 5. The molecule has 0 atom stereocenters. The summed E-state index contributed by atoms with van der Waals surface area (Å²) in [5.74, 6) is -0.0277. The van der Waals surface area contributed by atoms with Crippen LogP contribution >= 0.6 is 0 Å². The number of para-hydroxylation sites is 2. The van der Waals surface area contributed by atoms with Crippen molar-refractivity contribution in [1.82, 2.24) is 24.8 Å². The zero-order valence-corrected chi connectivity index (χ0v) is 11.8. The molecule has 0 radical (unpaired) electrons. The Morgan fingerprint density at radius 1 is 1.04 bits per heavy atom. The van der Waals surface area contributed by atoms with E-state index in [1.807, 2.05) is 18.2 Å². The normalized spacial score (nSPS) is 11.2. The van der Waals surface area contributed by atoms with Crippen molar-refractivity contribution < 1.29 is 8.81 Å². The number of fused-ring (bicyclic) bond motifs is 1. The molecule has 0 saturated heterocycles. The third-order valence-electron chi connectivity index (χ3n) is 3.33. The summed E-state index contributed by atoms with van der Waals surface area (Å²) in [6.45, 7) is 0.0642. The summed E-state index contributed by atoms with van der Waals surface area (Å²) in [5.41, 5.74) is 1.32. The highest BCUT2D eigenvalue weighted by Crippen LogP contribution is 2.14. The van der Waals surface area contributed by atoms with E-state index in [1.165, 1.54) is 24.3 Å². The van der Waals surface area contributed by atoms with E-state index in [-0.39, 0.29) is 12.4 Å². The van der Waals surface area contributed by atoms with E-state index in [1.54, 1.807) is 6.07 Å². The van der Waals surface area contributed by atoms with E-state index in [0.717, 1.165) is 9.36 Å². The van der Waals surface area contributed by atoms with E-state index in [4.69, 9.17) is 4.42 Å². The van der Waals surface area contributed by atoms with Gasteiger partial charge in [0.25, 0.3) is 0 Å². The van der Waals surface area contributed by atoms with Crippen LogP contribution in [-0.4, -0.2) is 24.8 Å². The lowest BCUT2D eigenvalue weighted by atomic mass is 10.3. The maximum atomic E-state index is 12.9. The van der Waals surface area contributed by atoms with Gasteiger partial charge in [-0.2, -0.15) is 9.36 Å². The topological polar surface area (TPSA) is 78.7 Å². The summed E-state index contributed by atoms with van der Waals surface area (Å²) < 4.78 is 20.7. The van der Waals surface area contributed by atoms with E-state index in [9.17, 15) is 9.18 Å². The maximum Gasteiger partial charge on any atom is 0.368 e. The summed E-state index contributed by atoms with van der Waals surface area (Å²) >= 11 is 0. The van der Waals surface area contributed by atoms with Crippen LogP contribution < -0.4 is 5.69 Å². The molecule has 0 fully saturated rings. The fourth-order valence-corrected chi connectivity index (χ4v) is 2.23. The Morgan fingerprint density at radius 3 is 2.61 bits per heavy atom. The first-order valence-electron chi connectivity index (χ1n) is 6.84. The molecule has 0 bridgehead atoms. The predicted molar refractivity (Wildman–Crippen MR) is 78.7 cm³/mol. The van der Waals surface area contributed by atoms with Gasteiger partial charge in [0.05, 0.1) is 5.69 Å². The minimum absolute atomic E-state index is 0.0642. The van der Waals surface area contributed by atoms with Crippen molar-refractivity contribution in [3.05, 3.63) is 70.7 Å². The Hall–Kier alpha value is -3.29. The van der Waals surface area contributed by atoms with Crippen molar-refractivity contribution in [2.75, 3.05) is 0 Å². The molecule has 0 spiro atoms. The monoisotopic (exact) mass is 311 g/mol. The fourth-order valence-electron chi connectivity index (χ4n) is 2.23. The highest BCUT2D eigenvalue weighted by Gasteiger charge is 2.12. The Morgan fingerprint density at radius 2 is 1.83 bits per heavy atom. The lowest BCUT2D eigenvalue weighted by molar-refractivity contribution is 0.480. The Labute approximate surface area is 128 Å². The SMILES string of the molecule is O=c1n(Cc2nc3ccccc3o2)nnn1-c1ccc(F)cc1. The number of hydrogen-bond donors (Lipinski definition) is 0. The van der Waals surface area contributed by atoms with Gasteiger partial charge in [-0.3, -0.25) is 0 Å². The van der Waals surface area contributed by atoms with Crippen molar-refractivity contribution in [2.45, 2.75) is 6.54 Å². The Bertz CT molecular complexity index is 999. The van der Waals surface area contributed by atoms with Crippen LogP contribution in [0, 0.1) is 5.82 Å². The summed E-state index contributed by atoms with van der Waals surface area (Å²) in [4.78, 5) is 16.6. The number of halogens is 1. The van der Waals surface area contributed by atoms with Gasteiger partial charge in [0, 0.05) is 0 Å². The molecule has 2 heterocycles. The van der Waals surface area contributed by atoms with Gasteiger partial charge in [-0.05, 0) is 46.8 Å². The van der Waals surface area contributed by atoms with Crippen LogP contribution in [0.2, 0.25) is 0 Å². The van der Waals surface area contributed by atoms with Crippen LogP contribution in [0.25, 0.3) is 16.8 Å². The van der Waals surface area contributed by atoms with Gasteiger partial charge in [0.2, 0.25) is 5.89 Å². The molecule has 2 aromatic heterocycles. The van der Waals surface area contributed by atoms with Crippen molar-refractivity contribution >= 4 is 11.1 Å². The van der Waals surface area contributed by atoms with Gasteiger partial charge in [0.15, 0.2) is 5.58 Å². The van der Waals surface area contributed by atoms with Crippen LogP contribution in [0.1, 0.15) is 5.89 Å². The molecule has 0 aliphatic carbocycles. The summed E-state index contributed by atoms with van der Waals surface area (Å²) in [5, 5.41) is 7.59. The molecular formula is C15H10FN5O2. The van der Waals surface area contributed by atoms with Gasteiger partial charge in [-0.15, -0.1) is 0 Å². The zero-order chi connectivity index (χ0) is 15.8. The summed E-state index contributed by atoms with van der Waals surface area (Å²) in [7, 11) is 0. The van der Waals surface area contributed by atoms with Crippen LogP contribution in [-0.2, 0) is 6.54 Å². The van der Waals surface area contributed by atoms with E-state index < -0.39 is 5.69 Å². The van der Waals surface area contributed by atoms with Gasteiger partial charge < -0.3 is 4.42 Å². The second-order valence-corrected chi connectivity index (χ2v) is 4.88. The average molecular weight is 311 g/mol. The molecule has 0 aliphatic rings. The smallest absolute Gasteiger partial charge is 0.368 e. The molecule has 0 aliphatic heterocycles. The number of tetrazole rings is 1. The molecule has 2 aromatic carbocycles. The maximum absolute atomic E-state index is 12.9. The second kappa shape index (κ2) is 5.16. The third kappa shape index (κ3) is 2.39. The molecule has 23 heavy (non-hydrogen) atoms. The van der Waals surface area contributed by atoms with E-state index >= 15 is 0 Å². The van der Waals surface area contributed by atoms with Crippen molar-refractivity contribution in [3.8, 4) is 5.69 Å². The van der Waals surface area contributed by atoms with Crippen molar-refractivity contribution in [1.29, 1.82) is 0 Å². The molecule has 7 nitrogen and oxygen atoms in total.